The lowest BCUT2D eigenvalue weighted by atomic mass is 10.1. The standard InChI is InChI=1S/C36H25BrN2S2/c37-34-33(40-29-21-11-4-12-22-29)25-31-36(35(34)38(26-15-5-1-6-16-26)27-17-7-2-8-18-27)41-32-24-14-13-23-30(32)39(31)28-19-9-3-10-20-28/h1-25H. The molecule has 0 bridgehead atoms. The first kappa shape index (κ1) is 26.0. The number of para-hydroxylation sites is 4. The molecule has 0 radical (unpaired) electrons. The molecule has 0 N–H and O–H groups in total. The molecule has 41 heavy (non-hydrogen) atoms. The quantitative estimate of drug-likeness (QED) is 0.180. The molecule has 0 atom stereocenters. The average Bonchev–Trinajstić information content (AvgIpc) is 3.04. The smallest absolute Gasteiger partial charge is 0.0776 e. The number of hydrogen-bond donors (Lipinski definition) is 0. The lowest BCUT2D eigenvalue weighted by Crippen LogP contribution is -2.19. The van der Waals surface area contributed by atoms with Gasteiger partial charge in [0, 0.05) is 31.7 Å². The largest absolute Gasteiger partial charge is 0.308 e. The zero-order valence-electron chi connectivity index (χ0n) is 22.0. The summed E-state index contributed by atoms with van der Waals surface area (Å²) in [6.07, 6.45) is 0. The van der Waals surface area contributed by atoms with Gasteiger partial charge in [0.15, 0.2) is 0 Å². The van der Waals surface area contributed by atoms with Crippen LogP contribution in [0.25, 0.3) is 0 Å². The third-order valence-corrected chi connectivity index (χ3v) is 10.2. The second kappa shape index (κ2) is 11.5. The Labute approximate surface area is 257 Å². The van der Waals surface area contributed by atoms with Crippen molar-refractivity contribution < 1.29 is 0 Å². The molecule has 1 aliphatic heterocycles. The van der Waals surface area contributed by atoms with Gasteiger partial charge in [-0.2, -0.15) is 0 Å². The van der Waals surface area contributed by atoms with Crippen LogP contribution in [0.4, 0.5) is 34.1 Å². The second-order valence-electron chi connectivity index (χ2n) is 9.55. The summed E-state index contributed by atoms with van der Waals surface area (Å²) >= 11 is 7.74. The van der Waals surface area contributed by atoms with Crippen LogP contribution < -0.4 is 9.80 Å². The van der Waals surface area contributed by atoms with E-state index in [2.05, 4.69) is 177 Å². The molecular weight excluding hydrogens is 604 g/mol. The van der Waals surface area contributed by atoms with Gasteiger partial charge in [0.1, 0.15) is 0 Å². The van der Waals surface area contributed by atoms with Crippen molar-refractivity contribution in [2.24, 2.45) is 0 Å². The van der Waals surface area contributed by atoms with Gasteiger partial charge in [0.25, 0.3) is 0 Å². The Morgan fingerprint density at radius 3 is 1.76 bits per heavy atom. The number of anilines is 6. The highest BCUT2D eigenvalue weighted by Crippen LogP contribution is 2.59. The topological polar surface area (TPSA) is 6.48 Å². The monoisotopic (exact) mass is 628 g/mol. The van der Waals surface area contributed by atoms with E-state index in [1.165, 1.54) is 20.4 Å². The number of hydrogen-bond acceptors (Lipinski definition) is 4. The Balaban J connectivity index is 1.54. The molecule has 0 aliphatic carbocycles. The summed E-state index contributed by atoms with van der Waals surface area (Å²) in [7, 11) is 0. The van der Waals surface area contributed by atoms with E-state index >= 15 is 0 Å². The second-order valence-corrected chi connectivity index (χ2v) is 12.5. The molecule has 0 amide bonds. The number of fused-ring (bicyclic) bond motifs is 2. The summed E-state index contributed by atoms with van der Waals surface area (Å²) in [4.78, 5) is 9.55. The molecule has 0 spiro atoms. The van der Waals surface area contributed by atoms with Crippen molar-refractivity contribution in [3.8, 4) is 0 Å². The van der Waals surface area contributed by atoms with E-state index in [-0.39, 0.29) is 0 Å². The predicted octanol–water partition coefficient (Wildman–Crippen LogP) is 12.0. The van der Waals surface area contributed by atoms with Gasteiger partial charge in [-0.15, -0.1) is 0 Å². The first-order chi connectivity index (χ1) is 20.3. The van der Waals surface area contributed by atoms with E-state index in [0.29, 0.717) is 0 Å². The molecule has 0 unspecified atom stereocenters. The van der Waals surface area contributed by atoms with E-state index in [0.717, 1.165) is 37.8 Å². The SMILES string of the molecule is Brc1c(Sc2ccccc2)cc2c(c1N(c1ccccc1)c1ccccc1)Sc1ccccc1N2c1ccccc1. The highest BCUT2D eigenvalue weighted by molar-refractivity contribution is 9.10. The normalized spacial score (nSPS) is 12.0. The molecular formula is C36H25BrN2S2. The predicted molar refractivity (Wildman–Crippen MR) is 178 cm³/mol. The molecule has 0 fully saturated rings. The van der Waals surface area contributed by atoms with Crippen LogP contribution in [0.3, 0.4) is 0 Å². The van der Waals surface area contributed by atoms with E-state index < -0.39 is 0 Å². The molecule has 0 saturated carbocycles. The van der Waals surface area contributed by atoms with E-state index in [4.69, 9.17) is 0 Å². The van der Waals surface area contributed by atoms with Gasteiger partial charge < -0.3 is 9.80 Å². The highest BCUT2D eigenvalue weighted by Gasteiger charge is 2.32. The summed E-state index contributed by atoms with van der Waals surface area (Å²) < 4.78 is 1.07. The van der Waals surface area contributed by atoms with Crippen molar-refractivity contribution in [2.75, 3.05) is 9.80 Å². The summed E-state index contributed by atoms with van der Waals surface area (Å²) in [5, 5.41) is 0. The van der Waals surface area contributed by atoms with Gasteiger partial charge in [0.2, 0.25) is 0 Å². The van der Waals surface area contributed by atoms with Crippen LogP contribution in [0.2, 0.25) is 0 Å². The molecule has 6 aromatic carbocycles. The first-order valence-corrected chi connectivity index (χ1v) is 15.8. The van der Waals surface area contributed by atoms with Crippen LogP contribution >= 0.6 is 39.5 Å². The van der Waals surface area contributed by atoms with E-state index in [9.17, 15) is 0 Å². The molecule has 7 rings (SSSR count). The van der Waals surface area contributed by atoms with Crippen molar-refractivity contribution in [3.63, 3.8) is 0 Å². The van der Waals surface area contributed by atoms with Gasteiger partial charge in [-0.3, -0.25) is 0 Å². The van der Waals surface area contributed by atoms with Crippen LogP contribution in [0.15, 0.2) is 176 Å². The fraction of sp³-hybridized carbons (Fsp3) is 0. The minimum atomic E-state index is 1.07. The molecule has 6 aromatic rings. The fourth-order valence-electron chi connectivity index (χ4n) is 5.13. The number of rotatable bonds is 6. The van der Waals surface area contributed by atoms with Gasteiger partial charge in [-0.25, -0.2) is 0 Å². The summed E-state index contributed by atoms with van der Waals surface area (Å²) in [5.41, 5.74) is 6.82. The van der Waals surface area contributed by atoms with Crippen molar-refractivity contribution >= 4 is 73.6 Å². The molecule has 1 heterocycles. The average molecular weight is 630 g/mol. The molecule has 198 valence electrons. The summed E-state index contributed by atoms with van der Waals surface area (Å²) in [6.45, 7) is 0. The first-order valence-electron chi connectivity index (χ1n) is 13.4. The minimum absolute atomic E-state index is 1.07. The minimum Gasteiger partial charge on any atom is -0.308 e. The van der Waals surface area contributed by atoms with Crippen molar-refractivity contribution in [1.29, 1.82) is 0 Å². The Morgan fingerprint density at radius 2 is 1.12 bits per heavy atom. The molecule has 1 aliphatic rings. The maximum atomic E-state index is 4.13. The van der Waals surface area contributed by atoms with Crippen molar-refractivity contribution in [3.05, 3.63) is 156 Å². The van der Waals surface area contributed by atoms with Gasteiger partial charge >= 0.3 is 0 Å². The van der Waals surface area contributed by atoms with E-state index in [1.807, 2.05) is 11.8 Å². The van der Waals surface area contributed by atoms with E-state index in [1.54, 1.807) is 11.8 Å². The Morgan fingerprint density at radius 1 is 0.585 bits per heavy atom. The lowest BCUT2D eigenvalue weighted by molar-refractivity contribution is 1.11. The van der Waals surface area contributed by atoms with Crippen molar-refractivity contribution in [2.45, 2.75) is 19.6 Å². The van der Waals surface area contributed by atoms with Crippen LogP contribution in [0.5, 0.6) is 0 Å². The molecule has 0 aromatic heterocycles. The molecule has 2 nitrogen and oxygen atoms in total. The third-order valence-electron chi connectivity index (χ3n) is 6.94. The van der Waals surface area contributed by atoms with Gasteiger partial charge in [-0.1, -0.05) is 108 Å². The molecule has 5 heteroatoms. The van der Waals surface area contributed by atoms with Gasteiger partial charge in [0.05, 0.1) is 26.4 Å². The van der Waals surface area contributed by atoms with Crippen molar-refractivity contribution in [1.82, 2.24) is 0 Å². The number of nitrogens with zero attached hydrogens (tertiary/aromatic N) is 2. The summed E-state index contributed by atoms with van der Waals surface area (Å²) in [6, 6.07) is 53.6. The number of benzene rings is 6. The maximum absolute atomic E-state index is 4.13. The fourth-order valence-corrected chi connectivity index (χ4v) is 8.07. The zero-order valence-corrected chi connectivity index (χ0v) is 25.2. The Hall–Kier alpha value is -3.90. The van der Waals surface area contributed by atoms with Gasteiger partial charge in [-0.05, 0) is 82.7 Å². The lowest BCUT2D eigenvalue weighted by Gasteiger charge is -2.37. The van der Waals surface area contributed by atoms with Crippen LogP contribution in [-0.2, 0) is 0 Å². The third kappa shape index (κ3) is 5.06. The number of halogens is 1. The zero-order chi connectivity index (χ0) is 27.6. The highest BCUT2D eigenvalue weighted by atomic mass is 79.9. The van der Waals surface area contributed by atoms with Crippen LogP contribution in [-0.4, -0.2) is 0 Å². The Kier molecular flexibility index (Phi) is 7.32. The summed E-state index contributed by atoms with van der Waals surface area (Å²) in [5.74, 6) is 0. The Bertz CT molecular complexity index is 1760. The van der Waals surface area contributed by atoms with Crippen LogP contribution in [0, 0.1) is 0 Å². The molecule has 0 saturated heterocycles. The maximum Gasteiger partial charge on any atom is 0.0776 e. The van der Waals surface area contributed by atoms with Crippen LogP contribution in [0.1, 0.15) is 0 Å².